The summed E-state index contributed by atoms with van der Waals surface area (Å²) in [4.78, 5) is 9.71. The molecule has 0 amide bonds. The molecule has 0 bridgehead atoms. The number of anilines is 1. The first kappa shape index (κ1) is 13.4. The topological polar surface area (TPSA) is 119 Å². The van der Waals surface area contributed by atoms with Crippen molar-refractivity contribution in [1.82, 2.24) is 4.31 Å². The number of nitro groups is 1. The minimum absolute atomic E-state index is 0.0575. The molecule has 0 aliphatic rings. The Labute approximate surface area is 98.2 Å². The number of hydrogen-bond acceptors (Lipinski definition) is 6. The summed E-state index contributed by atoms with van der Waals surface area (Å²) in [5.41, 5.74) is 1.48. The number of nitrogens with two attached hydrogens (primary N) is 1. The fourth-order valence-corrected chi connectivity index (χ4v) is 2.30. The highest BCUT2D eigenvalue weighted by atomic mass is 32.2. The molecule has 0 unspecified atom stereocenters. The fourth-order valence-electron chi connectivity index (χ4n) is 1.23. The summed E-state index contributed by atoms with van der Waals surface area (Å²) < 4.78 is 24.7. The van der Waals surface area contributed by atoms with E-state index in [1.165, 1.54) is 26.2 Å². The van der Waals surface area contributed by atoms with Gasteiger partial charge in [-0.2, -0.15) is 0 Å². The average Bonchev–Trinajstić information content (AvgIpc) is 2.27. The normalized spacial score (nSPS) is 11.5. The van der Waals surface area contributed by atoms with Crippen molar-refractivity contribution >= 4 is 21.4 Å². The standard InChI is InChI=1S/C8H12N4O4S/c1-11(2)17(15,16)7-5-3-4-6(10-9)8(7)12(13)14/h3-5,10H,9H2,1-2H3. The quantitative estimate of drug-likeness (QED) is 0.451. The second-order valence-corrected chi connectivity index (χ2v) is 5.46. The third-order valence-electron chi connectivity index (χ3n) is 2.10. The largest absolute Gasteiger partial charge is 0.318 e. The Morgan fingerprint density at radius 1 is 1.41 bits per heavy atom. The van der Waals surface area contributed by atoms with Gasteiger partial charge in [-0.3, -0.25) is 16.0 Å². The van der Waals surface area contributed by atoms with Crippen LogP contribution in [0.4, 0.5) is 11.4 Å². The maximum Gasteiger partial charge on any atom is 0.313 e. The summed E-state index contributed by atoms with van der Waals surface area (Å²) in [5, 5.41) is 10.9. The minimum atomic E-state index is -3.89. The van der Waals surface area contributed by atoms with Gasteiger partial charge >= 0.3 is 5.69 Å². The van der Waals surface area contributed by atoms with Gasteiger partial charge in [0.1, 0.15) is 5.69 Å². The first-order chi connectivity index (χ1) is 7.82. The Hall–Kier alpha value is -1.71. The molecule has 0 fully saturated rings. The molecule has 1 aromatic rings. The summed E-state index contributed by atoms with van der Waals surface area (Å²) in [5.74, 6) is 5.11. The van der Waals surface area contributed by atoms with Gasteiger partial charge in [0.05, 0.1) is 4.92 Å². The molecular weight excluding hydrogens is 248 g/mol. The molecular formula is C8H12N4O4S. The summed E-state index contributed by atoms with van der Waals surface area (Å²) in [6.07, 6.45) is 0. The third kappa shape index (κ3) is 2.35. The molecule has 0 aliphatic carbocycles. The maximum atomic E-state index is 11.9. The van der Waals surface area contributed by atoms with Crippen molar-refractivity contribution in [2.45, 2.75) is 4.90 Å². The van der Waals surface area contributed by atoms with E-state index in [1.807, 2.05) is 0 Å². The monoisotopic (exact) mass is 260 g/mol. The SMILES string of the molecule is CN(C)S(=O)(=O)c1cccc(NN)c1[N+](=O)[O-]. The summed E-state index contributed by atoms with van der Waals surface area (Å²) in [7, 11) is -1.30. The number of sulfonamides is 1. The van der Waals surface area contributed by atoms with E-state index in [0.29, 0.717) is 0 Å². The molecule has 0 saturated carbocycles. The molecule has 8 nitrogen and oxygen atoms in total. The smallest absolute Gasteiger partial charge is 0.313 e. The van der Waals surface area contributed by atoms with Gasteiger partial charge < -0.3 is 5.43 Å². The lowest BCUT2D eigenvalue weighted by Gasteiger charge is -2.12. The summed E-state index contributed by atoms with van der Waals surface area (Å²) in [6.45, 7) is 0. The summed E-state index contributed by atoms with van der Waals surface area (Å²) >= 11 is 0. The molecule has 9 heteroatoms. The highest BCUT2D eigenvalue weighted by molar-refractivity contribution is 7.89. The van der Waals surface area contributed by atoms with E-state index in [1.54, 1.807) is 0 Å². The average molecular weight is 260 g/mol. The van der Waals surface area contributed by atoms with Gasteiger partial charge in [0.15, 0.2) is 4.90 Å². The van der Waals surface area contributed by atoms with Crippen molar-refractivity contribution in [2.24, 2.45) is 5.84 Å². The molecule has 17 heavy (non-hydrogen) atoms. The van der Waals surface area contributed by atoms with Gasteiger partial charge in [0, 0.05) is 14.1 Å². The van der Waals surface area contributed by atoms with Crippen molar-refractivity contribution in [3.05, 3.63) is 28.3 Å². The van der Waals surface area contributed by atoms with E-state index in [2.05, 4.69) is 5.43 Å². The van der Waals surface area contributed by atoms with Crippen molar-refractivity contribution in [3.63, 3.8) is 0 Å². The predicted octanol–water partition coefficient (Wildman–Crippen LogP) is 0.131. The second kappa shape index (κ2) is 4.65. The van der Waals surface area contributed by atoms with E-state index in [4.69, 9.17) is 5.84 Å². The van der Waals surface area contributed by atoms with E-state index in [9.17, 15) is 18.5 Å². The molecule has 0 atom stereocenters. The van der Waals surface area contributed by atoms with Crippen LogP contribution in [0.25, 0.3) is 0 Å². The van der Waals surface area contributed by atoms with Crippen LogP contribution in [-0.4, -0.2) is 31.7 Å². The van der Waals surface area contributed by atoms with E-state index in [-0.39, 0.29) is 5.69 Å². The Kier molecular flexibility index (Phi) is 3.66. The van der Waals surface area contributed by atoms with Crippen LogP contribution < -0.4 is 11.3 Å². The zero-order valence-electron chi connectivity index (χ0n) is 9.25. The number of hydrazine groups is 1. The van der Waals surface area contributed by atoms with Crippen molar-refractivity contribution in [2.75, 3.05) is 19.5 Å². The number of nitrogen functional groups attached to an aromatic ring is 1. The Morgan fingerprint density at radius 2 is 2.00 bits per heavy atom. The van der Waals surface area contributed by atoms with Gasteiger partial charge in [-0.15, -0.1) is 0 Å². The van der Waals surface area contributed by atoms with Gasteiger partial charge in [0.25, 0.3) is 0 Å². The van der Waals surface area contributed by atoms with Gasteiger partial charge in [-0.1, -0.05) is 6.07 Å². The number of nitro benzene ring substituents is 1. The number of hydrogen-bond donors (Lipinski definition) is 2. The van der Waals surface area contributed by atoms with Gasteiger partial charge in [-0.25, -0.2) is 12.7 Å². The second-order valence-electron chi connectivity index (χ2n) is 3.34. The van der Waals surface area contributed by atoms with Crippen LogP contribution in [0.2, 0.25) is 0 Å². The van der Waals surface area contributed by atoms with E-state index < -0.39 is 25.5 Å². The van der Waals surface area contributed by atoms with Crippen molar-refractivity contribution in [3.8, 4) is 0 Å². The lowest BCUT2D eigenvalue weighted by atomic mass is 10.3. The molecule has 0 radical (unpaired) electrons. The number of nitrogens with one attached hydrogen (secondary N) is 1. The van der Waals surface area contributed by atoms with E-state index in [0.717, 1.165) is 10.4 Å². The molecule has 1 rings (SSSR count). The lowest BCUT2D eigenvalue weighted by molar-refractivity contribution is -0.386. The van der Waals surface area contributed by atoms with Crippen LogP contribution in [-0.2, 0) is 10.0 Å². The number of benzene rings is 1. The molecule has 0 saturated heterocycles. The van der Waals surface area contributed by atoms with E-state index >= 15 is 0 Å². The molecule has 0 heterocycles. The zero-order valence-corrected chi connectivity index (χ0v) is 10.1. The first-order valence-corrected chi connectivity index (χ1v) is 5.93. The van der Waals surface area contributed by atoms with Crippen LogP contribution in [0.5, 0.6) is 0 Å². The predicted molar refractivity (Wildman–Crippen MR) is 61.8 cm³/mol. The summed E-state index contributed by atoms with van der Waals surface area (Å²) in [6, 6.07) is 3.86. The number of nitrogens with zero attached hydrogens (tertiary/aromatic N) is 2. The Balaban J connectivity index is 3.61. The van der Waals surface area contributed by atoms with Crippen molar-refractivity contribution in [1.29, 1.82) is 0 Å². The zero-order chi connectivity index (χ0) is 13.2. The third-order valence-corrected chi connectivity index (χ3v) is 3.94. The molecule has 0 spiro atoms. The lowest BCUT2D eigenvalue weighted by Crippen LogP contribution is -2.23. The van der Waals surface area contributed by atoms with Crippen LogP contribution >= 0.6 is 0 Å². The number of rotatable bonds is 4. The highest BCUT2D eigenvalue weighted by Crippen LogP contribution is 2.32. The van der Waals surface area contributed by atoms with Gasteiger partial charge in [0.2, 0.25) is 10.0 Å². The highest BCUT2D eigenvalue weighted by Gasteiger charge is 2.30. The van der Waals surface area contributed by atoms with Crippen LogP contribution in [0.1, 0.15) is 0 Å². The molecule has 1 aromatic carbocycles. The van der Waals surface area contributed by atoms with Crippen molar-refractivity contribution < 1.29 is 13.3 Å². The molecule has 0 aromatic heterocycles. The first-order valence-electron chi connectivity index (χ1n) is 4.49. The number of para-hydroxylation sites is 1. The Bertz CT molecular complexity index is 540. The van der Waals surface area contributed by atoms with Crippen LogP contribution in [0.3, 0.4) is 0 Å². The molecule has 3 N–H and O–H groups in total. The Morgan fingerprint density at radius 3 is 2.41 bits per heavy atom. The molecule has 0 aliphatic heterocycles. The maximum absolute atomic E-state index is 11.9. The van der Waals surface area contributed by atoms with Crippen LogP contribution in [0, 0.1) is 10.1 Å². The van der Waals surface area contributed by atoms with Crippen LogP contribution in [0.15, 0.2) is 23.1 Å². The molecule has 94 valence electrons. The minimum Gasteiger partial charge on any atom is -0.318 e. The van der Waals surface area contributed by atoms with Gasteiger partial charge in [-0.05, 0) is 12.1 Å². The fraction of sp³-hybridized carbons (Fsp3) is 0.250.